The molecule has 2 fully saturated rings. The van der Waals surface area contributed by atoms with E-state index in [1.54, 1.807) is 0 Å². The summed E-state index contributed by atoms with van der Waals surface area (Å²) in [5.41, 5.74) is 0.976. The van der Waals surface area contributed by atoms with E-state index in [0.717, 1.165) is 45.6 Å². The zero-order chi connectivity index (χ0) is 20.1. The molecule has 1 aliphatic carbocycles. The Kier molecular flexibility index (Phi) is 7.00. The average molecular weight is 388 g/mol. The van der Waals surface area contributed by atoms with Gasteiger partial charge in [-0.15, -0.1) is 0 Å². The van der Waals surface area contributed by atoms with Crippen LogP contribution in [-0.4, -0.2) is 71.7 Å². The fourth-order valence-corrected chi connectivity index (χ4v) is 4.42. The molecular weight excluding hydrogens is 350 g/mol. The molecule has 1 heterocycles. The molecule has 0 radical (unpaired) electrons. The molecule has 1 aliphatic heterocycles. The Hall–Kier alpha value is -1.59. The Labute approximate surface area is 170 Å². The van der Waals surface area contributed by atoms with Crippen molar-refractivity contribution < 1.29 is 9.53 Å². The van der Waals surface area contributed by atoms with Crippen molar-refractivity contribution >= 4 is 6.09 Å². The van der Waals surface area contributed by atoms with E-state index in [9.17, 15) is 4.79 Å². The molecule has 0 spiro atoms. The summed E-state index contributed by atoms with van der Waals surface area (Å²) in [7, 11) is 1.89. The molecule has 1 amide bonds. The lowest BCUT2D eigenvalue weighted by molar-refractivity contribution is 0.0122. The van der Waals surface area contributed by atoms with Crippen LogP contribution in [0.25, 0.3) is 0 Å². The van der Waals surface area contributed by atoms with Crippen LogP contribution in [0.15, 0.2) is 30.3 Å². The molecule has 156 valence electrons. The lowest BCUT2D eigenvalue weighted by atomic mass is 9.89. The van der Waals surface area contributed by atoms with Crippen molar-refractivity contribution in [1.29, 1.82) is 0 Å². The zero-order valence-electron chi connectivity index (χ0n) is 18.1. The van der Waals surface area contributed by atoms with Gasteiger partial charge >= 0.3 is 6.09 Å². The van der Waals surface area contributed by atoms with Crippen molar-refractivity contribution in [2.45, 2.75) is 70.7 Å². The Morgan fingerprint density at radius 3 is 2.21 bits per heavy atom. The third-order valence-electron chi connectivity index (χ3n) is 6.07. The maximum absolute atomic E-state index is 12.3. The lowest BCUT2D eigenvalue weighted by Crippen LogP contribution is -2.52. The number of carbonyl (C=O) groups is 1. The predicted molar refractivity (Wildman–Crippen MR) is 113 cm³/mol. The van der Waals surface area contributed by atoms with Crippen molar-refractivity contribution in [2.75, 3.05) is 33.2 Å². The fraction of sp³-hybridized carbons (Fsp3) is 0.696. The van der Waals surface area contributed by atoms with E-state index in [0.29, 0.717) is 12.1 Å². The summed E-state index contributed by atoms with van der Waals surface area (Å²) in [6.07, 6.45) is 4.31. The van der Waals surface area contributed by atoms with Crippen molar-refractivity contribution in [3.8, 4) is 0 Å². The average Bonchev–Trinajstić information content (AvgIpc) is 2.68. The molecule has 1 saturated carbocycles. The number of hydrogen-bond donors (Lipinski definition) is 0. The highest BCUT2D eigenvalue weighted by Gasteiger charge is 2.32. The van der Waals surface area contributed by atoms with Gasteiger partial charge in [-0.1, -0.05) is 30.3 Å². The highest BCUT2D eigenvalue weighted by Crippen LogP contribution is 2.27. The van der Waals surface area contributed by atoms with Gasteiger partial charge in [0.2, 0.25) is 0 Å². The second-order valence-electron chi connectivity index (χ2n) is 9.35. The van der Waals surface area contributed by atoms with Gasteiger partial charge in [0, 0.05) is 51.9 Å². The van der Waals surface area contributed by atoms with Gasteiger partial charge in [0.1, 0.15) is 5.60 Å². The Bertz CT molecular complexity index is 612. The lowest BCUT2D eigenvalue weighted by Gasteiger charge is -2.43. The fourth-order valence-electron chi connectivity index (χ4n) is 4.42. The standard InChI is InChI=1S/C23H37N3O2/c1-23(2,3)28-22(27)24(4)20-10-12-21(13-11-20)26-16-14-25(15-17-26)18-19-8-6-5-7-9-19/h5-9,20-21H,10-18H2,1-4H3/t20-,21-. The minimum absolute atomic E-state index is 0.189. The molecule has 5 nitrogen and oxygen atoms in total. The molecule has 2 aliphatic rings. The van der Waals surface area contributed by atoms with E-state index in [2.05, 4.69) is 40.1 Å². The predicted octanol–water partition coefficient (Wildman–Crippen LogP) is 3.98. The summed E-state index contributed by atoms with van der Waals surface area (Å²) < 4.78 is 5.53. The first kappa shape index (κ1) is 21.1. The number of piperazine rings is 1. The van der Waals surface area contributed by atoms with Gasteiger partial charge < -0.3 is 9.64 Å². The summed E-state index contributed by atoms with van der Waals surface area (Å²) in [6, 6.07) is 11.7. The minimum atomic E-state index is -0.429. The quantitative estimate of drug-likeness (QED) is 0.783. The van der Waals surface area contributed by atoms with E-state index in [4.69, 9.17) is 4.74 Å². The van der Waals surface area contributed by atoms with Gasteiger partial charge in [-0.05, 0) is 52.0 Å². The van der Waals surface area contributed by atoms with E-state index >= 15 is 0 Å². The number of rotatable bonds is 4. The van der Waals surface area contributed by atoms with Crippen LogP contribution in [0.5, 0.6) is 0 Å². The highest BCUT2D eigenvalue weighted by molar-refractivity contribution is 5.68. The molecular formula is C23H37N3O2. The monoisotopic (exact) mass is 387 g/mol. The van der Waals surface area contributed by atoms with Crippen LogP contribution in [0.3, 0.4) is 0 Å². The minimum Gasteiger partial charge on any atom is -0.444 e. The third kappa shape index (κ3) is 5.95. The van der Waals surface area contributed by atoms with Crippen LogP contribution in [0.2, 0.25) is 0 Å². The number of nitrogens with zero attached hydrogens (tertiary/aromatic N) is 3. The van der Waals surface area contributed by atoms with Gasteiger partial charge in [-0.3, -0.25) is 9.80 Å². The molecule has 3 rings (SSSR count). The molecule has 0 unspecified atom stereocenters. The number of ether oxygens (including phenoxy) is 1. The summed E-state index contributed by atoms with van der Waals surface area (Å²) >= 11 is 0. The third-order valence-corrected chi connectivity index (χ3v) is 6.07. The van der Waals surface area contributed by atoms with E-state index in [1.165, 1.54) is 18.4 Å². The molecule has 0 aromatic heterocycles. The Morgan fingerprint density at radius 2 is 1.64 bits per heavy atom. The Balaban J connectivity index is 1.40. The van der Waals surface area contributed by atoms with Gasteiger partial charge in [0.15, 0.2) is 0 Å². The molecule has 0 atom stereocenters. The molecule has 1 saturated heterocycles. The van der Waals surface area contributed by atoms with E-state index < -0.39 is 5.60 Å². The second kappa shape index (κ2) is 9.27. The van der Waals surface area contributed by atoms with E-state index in [-0.39, 0.29) is 6.09 Å². The van der Waals surface area contributed by atoms with Crippen molar-refractivity contribution in [3.05, 3.63) is 35.9 Å². The number of carbonyl (C=O) groups excluding carboxylic acids is 1. The largest absolute Gasteiger partial charge is 0.444 e. The first-order chi connectivity index (χ1) is 13.3. The summed E-state index contributed by atoms with van der Waals surface area (Å²) in [5.74, 6) is 0. The summed E-state index contributed by atoms with van der Waals surface area (Å²) in [5, 5.41) is 0. The molecule has 28 heavy (non-hydrogen) atoms. The number of amides is 1. The van der Waals surface area contributed by atoms with E-state index in [1.807, 2.05) is 32.7 Å². The summed E-state index contributed by atoms with van der Waals surface area (Å²) in [6.45, 7) is 11.4. The zero-order valence-corrected chi connectivity index (χ0v) is 18.1. The highest BCUT2D eigenvalue weighted by atomic mass is 16.6. The van der Waals surface area contributed by atoms with Gasteiger partial charge in [0.05, 0.1) is 0 Å². The van der Waals surface area contributed by atoms with Crippen LogP contribution in [0.1, 0.15) is 52.0 Å². The molecule has 0 bridgehead atoms. The van der Waals surface area contributed by atoms with Crippen LogP contribution in [0.4, 0.5) is 4.79 Å². The smallest absolute Gasteiger partial charge is 0.410 e. The van der Waals surface area contributed by atoms with Gasteiger partial charge in [-0.2, -0.15) is 0 Å². The van der Waals surface area contributed by atoms with Crippen LogP contribution >= 0.6 is 0 Å². The molecule has 1 aromatic rings. The van der Waals surface area contributed by atoms with Crippen molar-refractivity contribution in [2.24, 2.45) is 0 Å². The molecule has 0 N–H and O–H groups in total. The molecule has 1 aromatic carbocycles. The maximum Gasteiger partial charge on any atom is 0.410 e. The number of hydrogen-bond acceptors (Lipinski definition) is 4. The van der Waals surface area contributed by atoms with Crippen molar-refractivity contribution in [1.82, 2.24) is 14.7 Å². The first-order valence-corrected chi connectivity index (χ1v) is 10.8. The van der Waals surface area contributed by atoms with Gasteiger partial charge in [0.25, 0.3) is 0 Å². The van der Waals surface area contributed by atoms with Crippen LogP contribution in [0, 0.1) is 0 Å². The maximum atomic E-state index is 12.3. The summed E-state index contributed by atoms with van der Waals surface area (Å²) in [4.78, 5) is 19.4. The van der Waals surface area contributed by atoms with Gasteiger partial charge in [-0.25, -0.2) is 4.79 Å². The topological polar surface area (TPSA) is 36.0 Å². The van der Waals surface area contributed by atoms with Crippen LogP contribution < -0.4 is 0 Å². The Morgan fingerprint density at radius 1 is 1.04 bits per heavy atom. The first-order valence-electron chi connectivity index (χ1n) is 10.8. The van der Waals surface area contributed by atoms with Crippen molar-refractivity contribution in [3.63, 3.8) is 0 Å². The molecule has 5 heteroatoms. The second-order valence-corrected chi connectivity index (χ2v) is 9.35. The number of benzene rings is 1. The normalized spacial score (nSPS) is 24.7. The SMILES string of the molecule is CN(C(=O)OC(C)(C)C)[C@H]1CC[C@H](N2CCN(Cc3ccccc3)CC2)CC1. The van der Waals surface area contributed by atoms with Crippen LogP contribution in [-0.2, 0) is 11.3 Å².